The summed E-state index contributed by atoms with van der Waals surface area (Å²) >= 11 is 0. The summed E-state index contributed by atoms with van der Waals surface area (Å²) in [5.74, 6) is 0.949. The van der Waals surface area contributed by atoms with Crippen LogP contribution in [0.1, 0.15) is 72.1 Å². The summed E-state index contributed by atoms with van der Waals surface area (Å²) in [6, 6.07) is 1.49. The molecule has 0 saturated heterocycles. The smallest absolute Gasteiger partial charge is 0.00695 e. The largest absolute Gasteiger partial charge is 0.311 e. The molecule has 0 radical (unpaired) electrons. The van der Waals surface area contributed by atoms with Gasteiger partial charge in [0.2, 0.25) is 0 Å². The molecule has 1 fully saturated rings. The molecule has 0 spiro atoms. The maximum atomic E-state index is 3.84. The number of hydrogen-bond acceptors (Lipinski definition) is 1. The van der Waals surface area contributed by atoms with Crippen molar-refractivity contribution in [2.75, 3.05) is 0 Å². The molecule has 1 unspecified atom stereocenters. The van der Waals surface area contributed by atoms with Crippen LogP contribution in [0.5, 0.6) is 0 Å². The molecule has 0 aromatic rings. The van der Waals surface area contributed by atoms with Crippen molar-refractivity contribution in [1.82, 2.24) is 5.32 Å². The second-order valence-electron chi connectivity index (χ2n) is 5.25. The first-order chi connectivity index (χ1) is 7.27. The van der Waals surface area contributed by atoms with E-state index in [1.807, 2.05) is 0 Å². The van der Waals surface area contributed by atoms with Crippen LogP contribution < -0.4 is 5.32 Å². The van der Waals surface area contributed by atoms with Gasteiger partial charge in [-0.05, 0) is 38.5 Å². The fraction of sp³-hybridized carbons (Fsp3) is 1.00. The zero-order valence-electron chi connectivity index (χ0n) is 10.9. The lowest BCUT2D eigenvalue weighted by atomic mass is 9.84. The van der Waals surface area contributed by atoms with E-state index < -0.39 is 0 Å². The van der Waals surface area contributed by atoms with E-state index in [4.69, 9.17) is 0 Å². The molecule has 0 aromatic heterocycles. The number of nitrogens with one attached hydrogen (secondary N) is 1. The van der Waals surface area contributed by atoms with Crippen LogP contribution in [0.15, 0.2) is 0 Å². The maximum Gasteiger partial charge on any atom is 0.00695 e. The Labute approximate surface area is 96.0 Å². The molecule has 1 nitrogen and oxygen atoms in total. The second-order valence-corrected chi connectivity index (χ2v) is 5.25. The molecule has 0 aromatic carbocycles. The summed E-state index contributed by atoms with van der Waals surface area (Å²) in [6.45, 7) is 6.99. The third-order valence-electron chi connectivity index (χ3n) is 3.99. The van der Waals surface area contributed by atoms with Crippen molar-refractivity contribution in [2.24, 2.45) is 5.92 Å². The Morgan fingerprint density at radius 3 is 2.33 bits per heavy atom. The van der Waals surface area contributed by atoms with Crippen LogP contribution in [0.4, 0.5) is 0 Å². The third-order valence-corrected chi connectivity index (χ3v) is 3.99. The highest BCUT2D eigenvalue weighted by atomic mass is 14.9. The summed E-state index contributed by atoms with van der Waals surface area (Å²) in [7, 11) is 0. The summed E-state index contributed by atoms with van der Waals surface area (Å²) in [5, 5.41) is 3.84. The summed E-state index contributed by atoms with van der Waals surface area (Å²) in [5.41, 5.74) is 0. The van der Waals surface area contributed by atoms with Gasteiger partial charge in [-0.15, -0.1) is 0 Å². The normalized spacial score (nSPS) is 22.6. The van der Waals surface area contributed by atoms with Crippen molar-refractivity contribution in [3.8, 4) is 0 Å². The number of hydrogen-bond donors (Lipinski definition) is 1. The topological polar surface area (TPSA) is 12.0 Å². The van der Waals surface area contributed by atoms with Crippen molar-refractivity contribution < 1.29 is 0 Å². The Balaban J connectivity index is 2.28. The summed E-state index contributed by atoms with van der Waals surface area (Å²) < 4.78 is 0. The van der Waals surface area contributed by atoms with Crippen molar-refractivity contribution in [3.05, 3.63) is 0 Å². The van der Waals surface area contributed by atoms with Crippen LogP contribution >= 0.6 is 0 Å². The first-order valence-corrected chi connectivity index (χ1v) is 7.04. The summed E-state index contributed by atoms with van der Waals surface area (Å²) in [4.78, 5) is 0. The van der Waals surface area contributed by atoms with Crippen molar-refractivity contribution in [3.63, 3.8) is 0 Å². The van der Waals surface area contributed by atoms with Gasteiger partial charge in [-0.3, -0.25) is 0 Å². The molecule has 1 rings (SSSR count). The predicted octanol–water partition coefficient (Wildman–Crippen LogP) is 4.12. The van der Waals surface area contributed by atoms with Gasteiger partial charge in [0.1, 0.15) is 0 Å². The van der Waals surface area contributed by atoms with Gasteiger partial charge in [-0.2, -0.15) is 0 Å². The lowest BCUT2D eigenvalue weighted by Crippen LogP contribution is -2.41. The van der Waals surface area contributed by atoms with E-state index in [0.717, 1.165) is 18.0 Å². The molecule has 1 heteroatoms. The standard InChI is InChI=1S/C14H29N/c1-4-9-14(5-2)15-12(3)13-10-7-6-8-11-13/h12-15H,4-11H2,1-3H3/t12-,14?/m0/s1. The van der Waals surface area contributed by atoms with Gasteiger partial charge in [0.05, 0.1) is 0 Å². The lowest BCUT2D eigenvalue weighted by Gasteiger charge is -2.31. The minimum Gasteiger partial charge on any atom is -0.311 e. The van der Waals surface area contributed by atoms with Gasteiger partial charge in [0.15, 0.2) is 0 Å². The molecule has 90 valence electrons. The van der Waals surface area contributed by atoms with Gasteiger partial charge in [-0.1, -0.05) is 39.5 Å². The highest BCUT2D eigenvalue weighted by molar-refractivity contribution is 4.78. The van der Waals surface area contributed by atoms with Crippen molar-refractivity contribution in [1.29, 1.82) is 0 Å². The van der Waals surface area contributed by atoms with Crippen LogP contribution in [0.3, 0.4) is 0 Å². The van der Waals surface area contributed by atoms with Crippen LogP contribution in [0.2, 0.25) is 0 Å². The Morgan fingerprint density at radius 1 is 1.13 bits per heavy atom. The Hall–Kier alpha value is -0.0400. The minimum atomic E-state index is 0.738. The molecule has 0 heterocycles. The average Bonchev–Trinajstić information content (AvgIpc) is 2.29. The first kappa shape index (κ1) is 13.0. The molecule has 1 aliphatic carbocycles. The first-order valence-electron chi connectivity index (χ1n) is 7.04. The second kappa shape index (κ2) is 7.27. The van der Waals surface area contributed by atoms with Gasteiger partial charge in [0, 0.05) is 12.1 Å². The monoisotopic (exact) mass is 211 g/mol. The SMILES string of the molecule is CCCC(CC)N[C@@H](C)C1CCCCC1. The van der Waals surface area contributed by atoms with E-state index in [0.29, 0.717) is 0 Å². The van der Waals surface area contributed by atoms with E-state index in [2.05, 4.69) is 26.1 Å². The average molecular weight is 211 g/mol. The zero-order chi connectivity index (χ0) is 11.1. The molecule has 0 bridgehead atoms. The van der Waals surface area contributed by atoms with Crippen LogP contribution in [-0.2, 0) is 0 Å². The molecule has 0 aliphatic heterocycles. The Bertz CT molecular complexity index is 149. The van der Waals surface area contributed by atoms with E-state index in [9.17, 15) is 0 Å². The third kappa shape index (κ3) is 4.55. The van der Waals surface area contributed by atoms with Gasteiger partial charge < -0.3 is 5.32 Å². The fourth-order valence-electron chi connectivity index (χ4n) is 2.90. The van der Waals surface area contributed by atoms with Gasteiger partial charge >= 0.3 is 0 Å². The predicted molar refractivity (Wildman–Crippen MR) is 68.2 cm³/mol. The lowest BCUT2D eigenvalue weighted by molar-refractivity contribution is 0.257. The number of rotatable bonds is 6. The van der Waals surface area contributed by atoms with E-state index in [1.54, 1.807) is 0 Å². The summed E-state index contributed by atoms with van der Waals surface area (Å²) in [6.07, 6.45) is 11.2. The van der Waals surface area contributed by atoms with Crippen molar-refractivity contribution >= 4 is 0 Å². The molecule has 1 saturated carbocycles. The minimum absolute atomic E-state index is 0.738. The molecule has 1 aliphatic rings. The molecule has 1 N–H and O–H groups in total. The van der Waals surface area contributed by atoms with Crippen LogP contribution in [0.25, 0.3) is 0 Å². The Kier molecular flexibility index (Phi) is 6.31. The van der Waals surface area contributed by atoms with Crippen molar-refractivity contribution in [2.45, 2.75) is 84.2 Å². The zero-order valence-corrected chi connectivity index (χ0v) is 10.9. The van der Waals surface area contributed by atoms with Crippen LogP contribution in [-0.4, -0.2) is 12.1 Å². The molecule has 0 amide bonds. The molecule has 2 atom stereocenters. The van der Waals surface area contributed by atoms with Crippen LogP contribution in [0, 0.1) is 5.92 Å². The molecular formula is C14H29N. The van der Waals surface area contributed by atoms with Gasteiger partial charge in [0.25, 0.3) is 0 Å². The van der Waals surface area contributed by atoms with E-state index >= 15 is 0 Å². The van der Waals surface area contributed by atoms with E-state index in [-0.39, 0.29) is 0 Å². The Morgan fingerprint density at radius 2 is 1.80 bits per heavy atom. The highest BCUT2D eigenvalue weighted by Crippen LogP contribution is 2.26. The van der Waals surface area contributed by atoms with Gasteiger partial charge in [-0.25, -0.2) is 0 Å². The van der Waals surface area contributed by atoms with E-state index in [1.165, 1.54) is 51.4 Å². The highest BCUT2D eigenvalue weighted by Gasteiger charge is 2.21. The quantitative estimate of drug-likeness (QED) is 0.697. The maximum absolute atomic E-state index is 3.84. The molecular weight excluding hydrogens is 182 g/mol. The molecule has 15 heavy (non-hydrogen) atoms. The fourth-order valence-corrected chi connectivity index (χ4v) is 2.90.